The highest BCUT2D eigenvalue weighted by atomic mass is 16.7. The van der Waals surface area contributed by atoms with Gasteiger partial charge in [-0.05, 0) is 32.1 Å². The van der Waals surface area contributed by atoms with Crippen LogP contribution in [-0.2, 0) is 19.0 Å². The Hall–Kier alpha value is -1.12. The molecule has 1 aliphatic rings. The Bertz CT molecular complexity index is 334. The summed E-state index contributed by atoms with van der Waals surface area (Å²) in [6.07, 6.45) is 10.5. The molecule has 1 rings (SSSR count). The molecule has 0 bridgehead atoms. The van der Waals surface area contributed by atoms with Crippen molar-refractivity contribution in [2.75, 3.05) is 20.3 Å². The normalized spacial score (nSPS) is 19.4. The molecular weight excluding hydrogens is 282 g/mol. The van der Waals surface area contributed by atoms with Crippen LogP contribution in [0, 0.1) is 17.2 Å². The van der Waals surface area contributed by atoms with Gasteiger partial charge in [0.25, 0.3) is 0 Å². The lowest BCUT2D eigenvalue weighted by atomic mass is 10.0. The molecule has 0 radical (unpaired) electrons. The second kappa shape index (κ2) is 12.4. The van der Waals surface area contributed by atoms with Crippen LogP contribution in [0.5, 0.6) is 0 Å². The fourth-order valence-electron chi connectivity index (χ4n) is 2.59. The van der Waals surface area contributed by atoms with Crippen molar-refractivity contribution in [2.24, 2.45) is 5.92 Å². The molecule has 5 heteroatoms. The molecule has 1 saturated heterocycles. The average molecular weight is 311 g/mol. The topological polar surface area (TPSA) is 68.6 Å². The van der Waals surface area contributed by atoms with E-state index in [2.05, 4.69) is 4.74 Å². The third-order valence-corrected chi connectivity index (χ3v) is 3.97. The van der Waals surface area contributed by atoms with Gasteiger partial charge in [0, 0.05) is 13.2 Å². The van der Waals surface area contributed by atoms with E-state index in [1.54, 1.807) is 0 Å². The molecule has 0 aliphatic carbocycles. The second-order valence-electron chi connectivity index (χ2n) is 5.78. The SMILES string of the molecule is COC(=O)C(C#N)CCCCCCCCOC1CCCCO1. The van der Waals surface area contributed by atoms with Crippen molar-refractivity contribution < 1.29 is 19.0 Å². The molecule has 2 atom stereocenters. The Morgan fingerprint density at radius 2 is 1.95 bits per heavy atom. The van der Waals surface area contributed by atoms with E-state index >= 15 is 0 Å². The molecule has 0 spiro atoms. The summed E-state index contributed by atoms with van der Waals surface area (Å²) in [6, 6.07) is 2.00. The summed E-state index contributed by atoms with van der Waals surface area (Å²) in [7, 11) is 1.33. The van der Waals surface area contributed by atoms with Gasteiger partial charge < -0.3 is 14.2 Å². The summed E-state index contributed by atoms with van der Waals surface area (Å²) in [5, 5.41) is 8.86. The molecule has 0 aromatic heterocycles. The number of hydrogen-bond donors (Lipinski definition) is 0. The van der Waals surface area contributed by atoms with E-state index in [0.29, 0.717) is 6.42 Å². The van der Waals surface area contributed by atoms with Gasteiger partial charge in [-0.2, -0.15) is 5.26 Å². The Morgan fingerprint density at radius 3 is 2.59 bits per heavy atom. The third kappa shape index (κ3) is 8.35. The third-order valence-electron chi connectivity index (χ3n) is 3.97. The smallest absolute Gasteiger partial charge is 0.323 e. The van der Waals surface area contributed by atoms with Crippen LogP contribution in [0.15, 0.2) is 0 Å². The first-order valence-corrected chi connectivity index (χ1v) is 8.48. The quantitative estimate of drug-likeness (QED) is 0.431. The number of carbonyl (C=O) groups excluding carboxylic acids is 1. The van der Waals surface area contributed by atoms with Crippen LogP contribution >= 0.6 is 0 Å². The highest BCUT2D eigenvalue weighted by Crippen LogP contribution is 2.15. The number of nitrogens with zero attached hydrogens (tertiary/aromatic N) is 1. The van der Waals surface area contributed by atoms with Crippen LogP contribution < -0.4 is 0 Å². The van der Waals surface area contributed by atoms with E-state index in [-0.39, 0.29) is 6.29 Å². The first kappa shape index (κ1) is 18.9. The van der Waals surface area contributed by atoms with Crippen LogP contribution in [-0.4, -0.2) is 32.6 Å². The molecular formula is C17H29NO4. The maximum absolute atomic E-state index is 11.2. The number of esters is 1. The molecule has 0 aromatic rings. The Labute approximate surface area is 133 Å². The van der Waals surface area contributed by atoms with Crippen molar-refractivity contribution in [3.63, 3.8) is 0 Å². The lowest BCUT2D eigenvalue weighted by Crippen LogP contribution is -2.22. The van der Waals surface area contributed by atoms with E-state index < -0.39 is 11.9 Å². The van der Waals surface area contributed by atoms with Crippen LogP contribution in [0.1, 0.15) is 64.2 Å². The molecule has 126 valence electrons. The lowest BCUT2D eigenvalue weighted by Gasteiger charge is -2.22. The Balaban J connectivity index is 1.87. The van der Waals surface area contributed by atoms with Gasteiger partial charge in [-0.1, -0.05) is 32.1 Å². The summed E-state index contributed by atoms with van der Waals surface area (Å²) in [4.78, 5) is 11.2. The Kier molecular flexibility index (Phi) is 10.7. The lowest BCUT2D eigenvalue weighted by molar-refractivity contribution is -0.162. The molecule has 0 N–H and O–H groups in total. The zero-order valence-corrected chi connectivity index (χ0v) is 13.7. The van der Waals surface area contributed by atoms with Gasteiger partial charge in [-0.15, -0.1) is 0 Å². The van der Waals surface area contributed by atoms with Gasteiger partial charge in [0.1, 0.15) is 5.92 Å². The summed E-state index contributed by atoms with van der Waals surface area (Å²) in [5.41, 5.74) is 0. The second-order valence-corrected chi connectivity index (χ2v) is 5.78. The summed E-state index contributed by atoms with van der Waals surface area (Å²) in [5.74, 6) is -1.02. The summed E-state index contributed by atoms with van der Waals surface area (Å²) < 4.78 is 15.8. The largest absolute Gasteiger partial charge is 0.468 e. The number of hydrogen-bond acceptors (Lipinski definition) is 5. The molecule has 0 aromatic carbocycles. The number of nitriles is 1. The van der Waals surface area contributed by atoms with Crippen molar-refractivity contribution in [3.05, 3.63) is 0 Å². The Morgan fingerprint density at radius 1 is 1.23 bits per heavy atom. The highest BCUT2D eigenvalue weighted by molar-refractivity contribution is 5.74. The maximum Gasteiger partial charge on any atom is 0.323 e. The van der Waals surface area contributed by atoms with Crippen molar-refractivity contribution in [3.8, 4) is 6.07 Å². The van der Waals surface area contributed by atoms with Crippen LogP contribution in [0.2, 0.25) is 0 Å². The summed E-state index contributed by atoms with van der Waals surface area (Å²) >= 11 is 0. The number of rotatable bonds is 11. The molecule has 0 saturated carbocycles. The monoisotopic (exact) mass is 311 g/mol. The fraction of sp³-hybridized carbons (Fsp3) is 0.882. The first-order valence-electron chi connectivity index (χ1n) is 8.48. The summed E-state index contributed by atoms with van der Waals surface area (Å²) in [6.45, 7) is 1.61. The molecule has 22 heavy (non-hydrogen) atoms. The highest BCUT2D eigenvalue weighted by Gasteiger charge is 2.17. The van der Waals surface area contributed by atoms with Crippen molar-refractivity contribution in [1.29, 1.82) is 5.26 Å². The van der Waals surface area contributed by atoms with Gasteiger partial charge >= 0.3 is 5.97 Å². The number of unbranched alkanes of at least 4 members (excludes halogenated alkanes) is 5. The minimum Gasteiger partial charge on any atom is -0.468 e. The zero-order chi connectivity index (χ0) is 16.0. The minimum atomic E-state index is -0.603. The van der Waals surface area contributed by atoms with Gasteiger partial charge in [0.05, 0.1) is 13.2 Å². The van der Waals surface area contributed by atoms with Crippen LogP contribution in [0.4, 0.5) is 0 Å². The fourth-order valence-corrected chi connectivity index (χ4v) is 2.59. The molecule has 1 aliphatic heterocycles. The van der Waals surface area contributed by atoms with Crippen LogP contribution in [0.3, 0.4) is 0 Å². The molecule has 5 nitrogen and oxygen atoms in total. The molecule has 0 amide bonds. The van der Waals surface area contributed by atoms with E-state index in [1.165, 1.54) is 20.0 Å². The van der Waals surface area contributed by atoms with Crippen molar-refractivity contribution >= 4 is 5.97 Å². The first-order chi connectivity index (χ1) is 10.8. The number of carbonyl (C=O) groups is 1. The van der Waals surface area contributed by atoms with E-state index in [4.69, 9.17) is 14.7 Å². The number of ether oxygens (including phenoxy) is 3. The zero-order valence-electron chi connectivity index (χ0n) is 13.7. The molecule has 2 unspecified atom stereocenters. The maximum atomic E-state index is 11.2. The molecule has 1 fully saturated rings. The van der Waals surface area contributed by atoms with Crippen molar-refractivity contribution in [2.45, 2.75) is 70.5 Å². The van der Waals surface area contributed by atoms with E-state index in [9.17, 15) is 4.79 Å². The van der Waals surface area contributed by atoms with Crippen LogP contribution in [0.25, 0.3) is 0 Å². The van der Waals surface area contributed by atoms with Gasteiger partial charge in [-0.25, -0.2) is 0 Å². The minimum absolute atomic E-state index is 0.0231. The van der Waals surface area contributed by atoms with Gasteiger partial charge in [0.2, 0.25) is 0 Å². The number of methoxy groups -OCH3 is 1. The standard InChI is InChI=1S/C17H29NO4/c1-20-17(19)15(14-18)10-6-4-2-3-5-8-12-21-16-11-7-9-13-22-16/h15-16H,2-13H2,1H3. The van der Waals surface area contributed by atoms with E-state index in [0.717, 1.165) is 58.2 Å². The van der Waals surface area contributed by atoms with Crippen molar-refractivity contribution in [1.82, 2.24) is 0 Å². The predicted octanol–water partition coefficient (Wildman–Crippen LogP) is 3.57. The molecule has 1 heterocycles. The van der Waals surface area contributed by atoms with Gasteiger partial charge in [-0.3, -0.25) is 4.79 Å². The predicted molar refractivity (Wildman–Crippen MR) is 83.0 cm³/mol. The van der Waals surface area contributed by atoms with E-state index in [1.807, 2.05) is 6.07 Å². The average Bonchev–Trinajstić information content (AvgIpc) is 2.57. The van der Waals surface area contributed by atoms with Gasteiger partial charge in [0.15, 0.2) is 6.29 Å².